The largest absolute Gasteiger partial charge is 0.481 e. The second-order valence-electron chi connectivity index (χ2n) is 15.1. The summed E-state index contributed by atoms with van der Waals surface area (Å²) in [6.07, 6.45) is 8.90. The van der Waals surface area contributed by atoms with Crippen molar-refractivity contribution in [2.75, 3.05) is 0 Å². The summed E-state index contributed by atoms with van der Waals surface area (Å²) < 4.78 is 6.95. The maximum Gasteiger partial charge on any atom is 0.306 e. The van der Waals surface area contributed by atoms with Gasteiger partial charge in [0.05, 0.1) is 12.0 Å². The molecular formula is C30H54O4Si. The van der Waals surface area contributed by atoms with Crippen molar-refractivity contribution in [3.8, 4) is 0 Å². The van der Waals surface area contributed by atoms with Gasteiger partial charge in [-0.05, 0) is 109 Å². The molecule has 0 aliphatic heterocycles. The van der Waals surface area contributed by atoms with Crippen LogP contribution in [0.2, 0.25) is 18.1 Å². The van der Waals surface area contributed by atoms with E-state index in [9.17, 15) is 15.0 Å². The summed E-state index contributed by atoms with van der Waals surface area (Å²) in [6, 6.07) is 0. The number of aliphatic carboxylic acids is 1. The maximum atomic E-state index is 12.0. The number of rotatable bonds is 5. The first-order valence-electron chi connectivity index (χ1n) is 14.7. The number of carboxylic acids is 1. The smallest absolute Gasteiger partial charge is 0.306 e. The lowest BCUT2D eigenvalue weighted by molar-refractivity contribution is -0.203. The summed E-state index contributed by atoms with van der Waals surface area (Å²) >= 11 is 0. The van der Waals surface area contributed by atoms with Gasteiger partial charge in [-0.25, -0.2) is 0 Å². The lowest BCUT2D eigenvalue weighted by atomic mass is 9.41. The molecule has 4 aliphatic rings. The summed E-state index contributed by atoms with van der Waals surface area (Å²) in [5, 5.41) is 22.0. The molecule has 35 heavy (non-hydrogen) atoms. The molecular weight excluding hydrogens is 452 g/mol. The Hall–Kier alpha value is -0.393. The van der Waals surface area contributed by atoms with Gasteiger partial charge in [0.25, 0.3) is 0 Å². The van der Waals surface area contributed by atoms with Gasteiger partial charge in [0.1, 0.15) is 0 Å². The van der Waals surface area contributed by atoms with Crippen LogP contribution in [0.4, 0.5) is 0 Å². The molecule has 4 aliphatic carbocycles. The number of carbonyl (C=O) groups is 1. The van der Waals surface area contributed by atoms with Crippen molar-refractivity contribution < 1.29 is 19.4 Å². The Labute approximate surface area is 216 Å². The van der Waals surface area contributed by atoms with Crippen molar-refractivity contribution in [2.45, 2.75) is 130 Å². The van der Waals surface area contributed by atoms with Crippen LogP contribution in [0.5, 0.6) is 0 Å². The van der Waals surface area contributed by atoms with Gasteiger partial charge in [0.2, 0.25) is 0 Å². The Morgan fingerprint density at radius 2 is 1.63 bits per heavy atom. The minimum Gasteiger partial charge on any atom is -0.481 e. The predicted octanol–water partition coefficient (Wildman–Crippen LogP) is 7.36. The number of aliphatic hydroxyl groups excluding tert-OH is 1. The van der Waals surface area contributed by atoms with Crippen molar-refractivity contribution in [2.24, 2.45) is 52.3 Å². The first-order valence-corrected chi connectivity index (χ1v) is 17.6. The van der Waals surface area contributed by atoms with Crippen LogP contribution in [0, 0.1) is 52.3 Å². The molecule has 0 radical (unpaired) electrons. The van der Waals surface area contributed by atoms with Crippen LogP contribution in [0.1, 0.15) is 99.8 Å². The van der Waals surface area contributed by atoms with Crippen LogP contribution in [0.15, 0.2) is 0 Å². The van der Waals surface area contributed by atoms with Crippen molar-refractivity contribution >= 4 is 14.3 Å². The Bertz CT molecular complexity index is 805. The van der Waals surface area contributed by atoms with Crippen LogP contribution < -0.4 is 0 Å². The SMILES string of the molecule is CC[C@H]1[C@@H](O)[C@@H]2[C@H](CC[C@]3(C)[C@@H]([C@H](C)C(=O)O)CC[C@@H]23)[C@@]2(C)CCC(O[Si](C)(C)C(C)(C)C)C[C@@H]12. The molecule has 5 heteroatoms. The molecule has 0 bridgehead atoms. The first kappa shape index (κ1) is 27.6. The van der Waals surface area contributed by atoms with Gasteiger partial charge in [-0.3, -0.25) is 4.79 Å². The van der Waals surface area contributed by atoms with E-state index in [1.54, 1.807) is 0 Å². The lowest BCUT2D eigenvalue weighted by Gasteiger charge is -2.65. The molecule has 2 N–H and O–H groups in total. The highest BCUT2D eigenvalue weighted by atomic mass is 28.4. The van der Waals surface area contributed by atoms with Crippen LogP contribution >= 0.6 is 0 Å². The van der Waals surface area contributed by atoms with Crippen LogP contribution in [0.3, 0.4) is 0 Å². The minimum atomic E-state index is -1.82. The fourth-order valence-electron chi connectivity index (χ4n) is 9.68. The van der Waals surface area contributed by atoms with Crippen molar-refractivity contribution in [1.29, 1.82) is 0 Å². The van der Waals surface area contributed by atoms with Crippen LogP contribution in [-0.4, -0.2) is 36.7 Å². The zero-order chi connectivity index (χ0) is 26.1. The summed E-state index contributed by atoms with van der Waals surface area (Å²) in [4.78, 5) is 11.9. The van der Waals surface area contributed by atoms with Crippen molar-refractivity contribution in [1.82, 2.24) is 0 Å². The summed E-state index contributed by atoms with van der Waals surface area (Å²) in [5.41, 5.74) is 0.305. The fourth-order valence-corrected chi connectivity index (χ4v) is 11.1. The molecule has 11 atom stereocenters. The second kappa shape index (κ2) is 9.12. The summed E-state index contributed by atoms with van der Waals surface area (Å²) in [6.45, 7) is 20.9. The fraction of sp³-hybridized carbons (Fsp3) is 0.967. The number of fused-ring (bicyclic) bond motifs is 5. The van der Waals surface area contributed by atoms with Gasteiger partial charge in [-0.1, -0.05) is 54.9 Å². The lowest BCUT2D eigenvalue weighted by Crippen LogP contribution is -2.62. The van der Waals surface area contributed by atoms with Gasteiger partial charge < -0.3 is 14.6 Å². The van der Waals surface area contributed by atoms with E-state index in [4.69, 9.17) is 4.43 Å². The van der Waals surface area contributed by atoms with E-state index in [2.05, 4.69) is 54.6 Å². The molecule has 4 saturated carbocycles. The second-order valence-corrected chi connectivity index (χ2v) is 19.9. The average Bonchev–Trinajstić information content (AvgIpc) is 3.10. The van der Waals surface area contributed by atoms with Gasteiger partial charge in [-0.2, -0.15) is 0 Å². The van der Waals surface area contributed by atoms with E-state index in [1.165, 1.54) is 6.42 Å². The quantitative estimate of drug-likeness (QED) is 0.382. The molecule has 1 unspecified atom stereocenters. The Morgan fingerprint density at radius 3 is 2.20 bits per heavy atom. The number of hydrogen-bond acceptors (Lipinski definition) is 3. The van der Waals surface area contributed by atoms with E-state index in [-0.39, 0.29) is 33.8 Å². The van der Waals surface area contributed by atoms with Crippen molar-refractivity contribution in [3.63, 3.8) is 0 Å². The molecule has 4 rings (SSSR count). The molecule has 4 fully saturated rings. The third-order valence-corrected chi connectivity index (χ3v) is 17.2. The van der Waals surface area contributed by atoms with E-state index < -0.39 is 14.3 Å². The number of hydrogen-bond donors (Lipinski definition) is 2. The Morgan fingerprint density at radius 1 is 1.03 bits per heavy atom. The van der Waals surface area contributed by atoms with E-state index in [1.807, 2.05) is 6.92 Å². The molecule has 4 nitrogen and oxygen atoms in total. The molecule has 0 amide bonds. The maximum absolute atomic E-state index is 12.0. The molecule has 0 spiro atoms. The van der Waals surface area contributed by atoms with E-state index >= 15 is 0 Å². The standard InChI is InChI=1S/C30H54O4Si/c1-10-20-24-17-19(34-35(8,9)28(3,4)5)13-15-30(24,7)23-14-16-29(6)21(18(2)27(32)33)11-12-22(29)25(23)26(20)31/h18-26,31H,10-17H2,1-9H3,(H,32,33)/t18-,19?,20+,21+,22-,23-,24-,25-,26+,29+,30+/m0/s1. The zero-order valence-electron chi connectivity index (χ0n) is 24.1. The third kappa shape index (κ3) is 4.28. The summed E-state index contributed by atoms with van der Waals surface area (Å²) in [5.74, 6) is 1.46. The third-order valence-electron chi connectivity index (χ3n) is 12.7. The number of aliphatic hydroxyl groups is 1. The first-order chi connectivity index (χ1) is 16.1. The van der Waals surface area contributed by atoms with Gasteiger partial charge in [0, 0.05) is 6.10 Å². The zero-order valence-corrected chi connectivity index (χ0v) is 25.1. The Balaban J connectivity index is 1.61. The highest BCUT2D eigenvalue weighted by Gasteiger charge is 2.65. The summed E-state index contributed by atoms with van der Waals surface area (Å²) in [7, 11) is -1.82. The predicted molar refractivity (Wildman–Crippen MR) is 145 cm³/mol. The highest BCUT2D eigenvalue weighted by molar-refractivity contribution is 6.74. The minimum absolute atomic E-state index is 0.0457. The molecule has 202 valence electrons. The molecule has 0 aromatic rings. The number of carboxylic acid groups (broad SMARTS) is 1. The molecule has 0 aromatic heterocycles. The Kier molecular flexibility index (Phi) is 7.20. The monoisotopic (exact) mass is 506 g/mol. The molecule has 0 saturated heterocycles. The van der Waals surface area contributed by atoms with Gasteiger partial charge >= 0.3 is 5.97 Å². The van der Waals surface area contributed by atoms with Crippen LogP contribution in [-0.2, 0) is 9.22 Å². The average molecular weight is 507 g/mol. The van der Waals surface area contributed by atoms with Crippen LogP contribution in [0.25, 0.3) is 0 Å². The highest BCUT2D eigenvalue weighted by Crippen LogP contribution is 2.69. The van der Waals surface area contributed by atoms with E-state index in [0.29, 0.717) is 35.7 Å². The van der Waals surface area contributed by atoms with E-state index in [0.717, 1.165) is 44.9 Å². The van der Waals surface area contributed by atoms with Crippen molar-refractivity contribution in [3.05, 3.63) is 0 Å². The molecule has 0 heterocycles. The van der Waals surface area contributed by atoms with Gasteiger partial charge in [0.15, 0.2) is 8.32 Å². The topological polar surface area (TPSA) is 66.8 Å². The van der Waals surface area contributed by atoms with Gasteiger partial charge in [-0.15, -0.1) is 0 Å². The normalized spacial score (nSPS) is 46.9. The molecule has 0 aromatic carbocycles.